The van der Waals surface area contributed by atoms with Crippen molar-refractivity contribution >= 4 is 12.0 Å². The number of nitrogens with zero attached hydrogens (tertiary/aromatic N) is 1. The van der Waals surface area contributed by atoms with E-state index in [0.717, 1.165) is 36.9 Å². The van der Waals surface area contributed by atoms with Crippen LogP contribution in [-0.2, 0) is 4.79 Å². The first-order valence-electron chi connectivity index (χ1n) is 9.50. The Labute approximate surface area is 145 Å². The zero-order chi connectivity index (χ0) is 16.8. The fourth-order valence-corrected chi connectivity index (χ4v) is 3.47. The molecule has 0 bridgehead atoms. The van der Waals surface area contributed by atoms with Crippen molar-refractivity contribution in [2.24, 2.45) is 5.92 Å². The van der Waals surface area contributed by atoms with Crippen LogP contribution >= 0.6 is 0 Å². The number of furan rings is 1. The largest absolute Gasteiger partial charge is 0.461 e. The standard InChI is InChI=1S/C20H30N2O2/c1-16-15-18(16)19-9-7-17(24-19)8-10-20(23)21-11-6-14-22-12-4-2-3-5-13-22/h7-10,16,18H,2-6,11-15H2,1H3,(H,21,23)/b10-8+. The number of carbonyl (C=O) groups is 1. The molecular formula is C20H30N2O2. The Morgan fingerprint density at radius 3 is 2.75 bits per heavy atom. The van der Waals surface area contributed by atoms with Gasteiger partial charge in [-0.3, -0.25) is 4.79 Å². The minimum Gasteiger partial charge on any atom is -0.461 e. The summed E-state index contributed by atoms with van der Waals surface area (Å²) in [6, 6.07) is 3.98. The van der Waals surface area contributed by atoms with Crippen molar-refractivity contribution in [3.63, 3.8) is 0 Å². The summed E-state index contributed by atoms with van der Waals surface area (Å²) in [5.41, 5.74) is 0. The highest BCUT2D eigenvalue weighted by Gasteiger charge is 2.36. The zero-order valence-electron chi connectivity index (χ0n) is 14.8. The Morgan fingerprint density at radius 2 is 2.04 bits per heavy atom. The van der Waals surface area contributed by atoms with Crippen LogP contribution in [0.25, 0.3) is 6.08 Å². The smallest absolute Gasteiger partial charge is 0.244 e. The molecule has 1 amide bonds. The number of likely N-dealkylation sites (tertiary alicyclic amines) is 1. The number of rotatable bonds is 7. The van der Waals surface area contributed by atoms with E-state index in [1.807, 2.05) is 12.1 Å². The molecule has 4 nitrogen and oxygen atoms in total. The number of carbonyl (C=O) groups excluding carboxylic acids is 1. The predicted octanol–water partition coefficient (Wildman–Crippen LogP) is 3.80. The van der Waals surface area contributed by atoms with Crippen molar-refractivity contribution in [3.8, 4) is 0 Å². The third kappa shape index (κ3) is 5.23. The lowest BCUT2D eigenvalue weighted by Crippen LogP contribution is -2.29. The summed E-state index contributed by atoms with van der Waals surface area (Å²) in [6.45, 7) is 6.50. The molecule has 1 aliphatic heterocycles. The summed E-state index contributed by atoms with van der Waals surface area (Å²) in [5, 5.41) is 2.96. The Morgan fingerprint density at radius 1 is 1.29 bits per heavy atom. The van der Waals surface area contributed by atoms with Gasteiger partial charge in [0.2, 0.25) is 5.91 Å². The fourth-order valence-electron chi connectivity index (χ4n) is 3.47. The van der Waals surface area contributed by atoms with E-state index in [2.05, 4.69) is 17.1 Å². The van der Waals surface area contributed by atoms with Gasteiger partial charge >= 0.3 is 0 Å². The molecule has 1 saturated heterocycles. The van der Waals surface area contributed by atoms with Crippen molar-refractivity contribution in [1.29, 1.82) is 0 Å². The number of amides is 1. The molecule has 2 aliphatic rings. The highest BCUT2D eigenvalue weighted by molar-refractivity contribution is 5.91. The number of hydrogen-bond donors (Lipinski definition) is 1. The van der Waals surface area contributed by atoms with Gasteiger partial charge in [-0.05, 0) is 69.4 Å². The minimum absolute atomic E-state index is 0.0383. The first kappa shape index (κ1) is 17.3. The van der Waals surface area contributed by atoms with Gasteiger partial charge in [0.25, 0.3) is 0 Å². The normalized spacial score (nSPS) is 24.9. The summed E-state index contributed by atoms with van der Waals surface area (Å²) >= 11 is 0. The fraction of sp³-hybridized carbons (Fsp3) is 0.650. The van der Waals surface area contributed by atoms with E-state index in [1.165, 1.54) is 45.2 Å². The molecular weight excluding hydrogens is 300 g/mol. The molecule has 24 heavy (non-hydrogen) atoms. The molecule has 0 radical (unpaired) electrons. The number of hydrogen-bond acceptors (Lipinski definition) is 3. The lowest BCUT2D eigenvalue weighted by molar-refractivity contribution is -0.116. The van der Waals surface area contributed by atoms with Gasteiger partial charge < -0.3 is 14.6 Å². The van der Waals surface area contributed by atoms with Crippen LogP contribution < -0.4 is 5.32 Å². The molecule has 2 heterocycles. The lowest BCUT2D eigenvalue weighted by Gasteiger charge is -2.19. The summed E-state index contributed by atoms with van der Waals surface area (Å²) < 4.78 is 5.77. The second kappa shape index (κ2) is 8.52. The lowest BCUT2D eigenvalue weighted by atomic mass is 10.2. The van der Waals surface area contributed by atoms with Crippen LogP contribution in [0.5, 0.6) is 0 Å². The minimum atomic E-state index is -0.0383. The van der Waals surface area contributed by atoms with E-state index in [4.69, 9.17) is 4.42 Å². The van der Waals surface area contributed by atoms with E-state index in [-0.39, 0.29) is 5.91 Å². The van der Waals surface area contributed by atoms with Crippen LogP contribution in [-0.4, -0.2) is 37.0 Å². The van der Waals surface area contributed by atoms with Gasteiger partial charge in [0, 0.05) is 18.5 Å². The quantitative estimate of drug-likeness (QED) is 0.611. The Bertz CT molecular complexity index is 556. The summed E-state index contributed by atoms with van der Waals surface area (Å²) in [5.74, 6) is 3.10. The van der Waals surface area contributed by atoms with E-state index < -0.39 is 0 Å². The van der Waals surface area contributed by atoms with Gasteiger partial charge in [0.1, 0.15) is 11.5 Å². The van der Waals surface area contributed by atoms with Crippen LogP contribution in [0.15, 0.2) is 22.6 Å². The maximum absolute atomic E-state index is 11.9. The highest BCUT2D eigenvalue weighted by atomic mass is 16.3. The monoisotopic (exact) mass is 330 g/mol. The number of nitrogens with one attached hydrogen (secondary N) is 1. The van der Waals surface area contributed by atoms with Crippen molar-refractivity contribution < 1.29 is 9.21 Å². The first-order valence-corrected chi connectivity index (χ1v) is 9.50. The molecule has 132 valence electrons. The second-order valence-corrected chi connectivity index (χ2v) is 7.29. The molecule has 0 spiro atoms. The van der Waals surface area contributed by atoms with E-state index in [9.17, 15) is 4.79 Å². The first-order chi connectivity index (χ1) is 11.7. The van der Waals surface area contributed by atoms with E-state index in [1.54, 1.807) is 12.2 Å². The van der Waals surface area contributed by atoms with Crippen molar-refractivity contribution in [2.45, 2.75) is 51.4 Å². The van der Waals surface area contributed by atoms with Crippen molar-refractivity contribution in [2.75, 3.05) is 26.2 Å². The van der Waals surface area contributed by atoms with Gasteiger partial charge in [0.15, 0.2) is 0 Å². The van der Waals surface area contributed by atoms with Crippen molar-refractivity contribution in [3.05, 3.63) is 29.7 Å². The van der Waals surface area contributed by atoms with Crippen molar-refractivity contribution in [1.82, 2.24) is 10.2 Å². The second-order valence-electron chi connectivity index (χ2n) is 7.29. The van der Waals surface area contributed by atoms with Gasteiger partial charge in [-0.15, -0.1) is 0 Å². The predicted molar refractivity (Wildman–Crippen MR) is 96.8 cm³/mol. The molecule has 2 unspecified atom stereocenters. The van der Waals surface area contributed by atoms with Crippen LogP contribution in [0, 0.1) is 5.92 Å². The van der Waals surface area contributed by atoms with Crippen LogP contribution in [0.2, 0.25) is 0 Å². The Kier molecular flexibility index (Phi) is 6.13. The molecule has 0 aromatic carbocycles. The van der Waals surface area contributed by atoms with Crippen LogP contribution in [0.3, 0.4) is 0 Å². The average molecular weight is 330 g/mol. The zero-order valence-corrected chi connectivity index (χ0v) is 14.8. The maximum atomic E-state index is 11.9. The maximum Gasteiger partial charge on any atom is 0.244 e. The molecule has 3 rings (SSSR count). The van der Waals surface area contributed by atoms with E-state index in [0.29, 0.717) is 5.92 Å². The highest BCUT2D eigenvalue weighted by Crippen LogP contribution is 2.47. The third-order valence-corrected chi connectivity index (χ3v) is 5.17. The van der Waals surface area contributed by atoms with Gasteiger partial charge in [-0.1, -0.05) is 19.8 Å². The third-order valence-electron chi connectivity index (χ3n) is 5.17. The molecule has 1 N–H and O–H groups in total. The summed E-state index contributed by atoms with van der Waals surface area (Å²) in [6.07, 6.45) is 10.9. The average Bonchev–Trinajstić information content (AvgIpc) is 3.22. The van der Waals surface area contributed by atoms with Crippen LogP contribution in [0.1, 0.15) is 62.9 Å². The Balaban J connectivity index is 1.32. The molecule has 2 fully saturated rings. The van der Waals surface area contributed by atoms with Gasteiger partial charge in [-0.25, -0.2) is 0 Å². The van der Waals surface area contributed by atoms with Gasteiger partial charge in [0.05, 0.1) is 0 Å². The topological polar surface area (TPSA) is 45.5 Å². The summed E-state index contributed by atoms with van der Waals surface area (Å²) in [7, 11) is 0. The molecule has 1 saturated carbocycles. The molecule has 2 atom stereocenters. The molecule has 1 aromatic rings. The van der Waals surface area contributed by atoms with Crippen LogP contribution in [0.4, 0.5) is 0 Å². The molecule has 4 heteroatoms. The molecule has 1 aromatic heterocycles. The summed E-state index contributed by atoms with van der Waals surface area (Å²) in [4.78, 5) is 14.4. The van der Waals surface area contributed by atoms with E-state index >= 15 is 0 Å². The van der Waals surface area contributed by atoms with Gasteiger partial charge in [-0.2, -0.15) is 0 Å². The SMILES string of the molecule is CC1CC1c1ccc(/C=C/C(=O)NCCCN2CCCCCC2)o1. The molecule has 1 aliphatic carbocycles. The Hall–Kier alpha value is -1.55.